The molecule has 1 aliphatic heterocycles. The molecule has 1 N–H and O–H groups in total. The highest BCUT2D eigenvalue weighted by atomic mass is 32.2. The van der Waals surface area contributed by atoms with Crippen LogP contribution in [0.1, 0.15) is 24.5 Å². The van der Waals surface area contributed by atoms with E-state index in [9.17, 15) is 12.8 Å². The van der Waals surface area contributed by atoms with Gasteiger partial charge >= 0.3 is 0 Å². The molecule has 0 amide bonds. The topological polar surface area (TPSA) is 62.4 Å². The Labute approximate surface area is 157 Å². The Kier molecular flexibility index (Phi) is 4.65. The minimum atomic E-state index is -3.63. The number of methoxy groups -OCH3 is 1. The van der Waals surface area contributed by atoms with Gasteiger partial charge in [-0.05, 0) is 61.4 Å². The zero-order chi connectivity index (χ0) is 19.0. The van der Waals surface area contributed by atoms with Crippen molar-refractivity contribution in [2.45, 2.75) is 23.7 Å². The molecule has 0 spiro atoms. The van der Waals surface area contributed by atoms with Crippen LogP contribution in [-0.2, 0) is 10.0 Å². The second kappa shape index (κ2) is 6.98. The molecular weight excluding hydrogens is 367 g/mol. The van der Waals surface area contributed by atoms with Crippen LogP contribution in [0.2, 0.25) is 0 Å². The van der Waals surface area contributed by atoms with E-state index in [2.05, 4.69) is 11.1 Å². The van der Waals surface area contributed by atoms with Crippen LogP contribution in [0.15, 0.2) is 53.4 Å². The van der Waals surface area contributed by atoms with Crippen LogP contribution in [0.25, 0.3) is 10.9 Å². The third-order valence-corrected chi connectivity index (χ3v) is 7.00. The number of benzene rings is 2. The van der Waals surface area contributed by atoms with Crippen LogP contribution in [0.5, 0.6) is 5.75 Å². The van der Waals surface area contributed by atoms with Gasteiger partial charge in [0, 0.05) is 35.6 Å². The van der Waals surface area contributed by atoms with Gasteiger partial charge in [-0.1, -0.05) is 0 Å². The SMILES string of the molecule is COc1ccc2[nH]c(C3CCCN(S(=O)(=O)c4ccc(F)cc4)C3)cc2c1. The van der Waals surface area contributed by atoms with Crippen molar-refractivity contribution in [1.29, 1.82) is 0 Å². The summed E-state index contributed by atoms with van der Waals surface area (Å²) >= 11 is 0. The molecule has 7 heteroatoms. The number of rotatable bonds is 4. The Morgan fingerprint density at radius 3 is 2.67 bits per heavy atom. The van der Waals surface area contributed by atoms with Crippen LogP contribution >= 0.6 is 0 Å². The van der Waals surface area contributed by atoms with E-state index in [1.807, 2.05) is 18.2 Å². The van der Waals surface area contributed by atoms with Crippen molar-refractivity contribution in [3.63, 3.8) is 0 Å². The second-order valence-corrected chi connectivity index (χ2v) is 8.77. The van der Waals surface area contributed by atoms with E-state index in [1.54, 1.807) is 7.11 Å². The van der Waals surface area contributed by atoms with E-state index in [0.717, 1.165) is 35.2 Å². The number of sulfonamides is 1. The van der Waals surface area contributed by atoms with E-state index in [1.165, 1.54) is 28.6 Å². The first-order valence-corrected chi connectivity index (χ1v) is 10.3. The molecule has 1 saturated heterocycles. The van der Waals surface area contributed by atoms with Gasteiger partial charge in [0.2, 0.25) is 10.0 Å². The molecule has 4 rings (SSSR count). The number of aromatic nitrogens is 1. The van der Waals surface area contributed by atoms with Gasteiger partial charge in [0.25, 0.3) is 0 Å². The molecule has 1 aromatic heterocycles. The maximum absolute atomic E-state index is 13.1. The Balaban J connectivity index is 1.60. The fourth-order valence-corrected chi connectivity index (χ4v) is 5.17. The van der Waals surface area contributed by atoms with Gasteiger partial charge < -0.3 is 9.72 Å². The third-order valence-electron chi connectivity index (χ3n) is 5.12. The molecule has 3 aromatic rings. The third kappa shape index (κ3) is 3.44. The predicted octanol–water partition coefficient (Wildman–Crippen LogP) is 3.88. The molecule has 0 aliphatic carbocycles. The second-order valence-electron chi connectivity index (χ2n) is 6.83. The molecule has 2 aromatic carbocycles. The fraction of sp³-hybridized carbons (Fsp3) is 0.300. The highest BCUT2D eigenvalue weighted by molar-refractivity contribution is 7.89. The standard InChI is InChI=1S/C20H21FN2O3S/c1-26-17-6-9-19-15(11-17)12-20(22-19)14-3-2-10-23(13-14)27(24,25)18-7-4-16(21)5-8-18/h4-9,11-12,14,22H,2-3,10,13H2,1H3. The summed E-state index contributed by atoms with van der Waals surface area (Å²) in [5.41, 5.74) is 2.03. The molecule has 0 radical (unpaired) electrons. The lowest BCUT2D eigenvalue weighted by molar-refractivity contribution is 0.313. The number of hydrogen-bond donors (Lipinski definition) is 1. The molecule has 1 atom stereocenters. The first-order valence-electron chi connectivity index (χ1n) is 8.90. The van der Waals surface area contributed by atoms with Crippen molar-refractivity contribution >= 4 is 20.9 Å². The lowest BCUT2D eigenvalue weighted by atomic mass is 9.96. The number of fused-ring (bicyclic) bond motifs is 1. The normalized spacial score (nSPS) is 18.7. The van der Waals surface area contributed by atoms with Gasteiger partial charge in [-0.3, -0.25) is 0 Å². The highest BCUT2D eigenvalue weighted by Crippen LogP contribution is 2.32. The summed E-state index contributed by atoms with van der Waals surface area (Å²) in [6.45, 7) is 0.883. The van der Waals surface area contributed by atoms with Gasteiger partial charge in [-0.2, -0.15) is 4.31 Å². The Bertz CT molecular complexity index is 1060. The summed E-state index contributed by atoms with van der Waals surface area (Å²) in [7, 11) is -1.99. The van der Waals surface area contributed by atoms with Gasteiger partial charge in [-0.25, -0.2) is 12.8 Å². The Morgan fingerprint density at radius 1 is 1.15 bits per heavy atom. The molecule has 1 aliphatic rings. The van der Waals surface area contributed by atoms with Gasteiger partial charge in [0.05, 0.1) is 12.0 Å². The summed E-state index contributed by atoms with van der Waals surface area (Å²) in [5.74, 6) is 0.434. The number of H-pyrrole nitrogens is 1. The molecule has 5 nitrogen and oxygen atoms in total. The van der Waals surface area contributed by atoms with E-state index in [0.29, 0.717) is 13.1 Å². The molecule has 27 heavy (non-hydrogen) atoms. The van der Waals surface area contributed by atoms with E-state index < -0.39 is 15.8 Å². The lowest BCUT2D eigenvalue weighted by Crippen LogP contribution is -2.39. The number of halogens is 1. The van der Waals surface area contributed by atoms with Gasteiger partial charge in [0.15, 0.2) is 0 Å². The molecular formula is C20H21FN2O3S. The smallest absolute Gasteiger partial charge is 0.243 e. The van der Waals surface area contributed by atoms with E-state index >= 15 is 0 Å². The number of nitrogens with zero attached hydrogens (tertiary/aromatic N) is 1. The van der Waals surface area contributed by atoms with Crippen molar-refractivity contribution in [3.8, 4) is 5.75 Å². The van der Waals surface area contributed by atoms with Crippen molar-refractivity contribution < 1.29 is 17.5 Å². The monoisotopic (exact) mass is 388 g/mol. The van der Waals surface area contributed by atoms with Crippen molar-refractivity contribution in [2.24, 2.45) is 0 Å². The number of aromatic amines is 1. The number of ether oxygens (including phenoxy) is 1. The Morgan fingerprint density at radius 2 is 1.93 bits per heavy atom. The van der Waals surface area contributed by atoms with Crippen LogP contribution in [0, 0.1) is 5.82 Å². The lowest BCUT2D eigenvalue weighted by Gasteiger charge is -2.31. The van der Waals surface area contributed by atoms with Crippen molar-refractivity contribution in [2.75, 3.05) is 20.2 Å². The predicted molar refractivity (Wildman–Crippen MR) is 102 cm³/mol. The van der Waals surface area contributed by atoms with Gasteiger partial charge in [0.1, 0.15) is 11.6 Å². The van der Waals surface area contributed by atoms with Crippen LogP contribution in [0.4, 0.5) is 4.39 Å². The minimum absolute atomic E-state index is 0.0902. The Hall–Kier alpha value is -2.38. The van der Waals surface area contributed by atoms with Gasteiger partial charge in [-0.15, -0.1) is 0 Å². The van der Waals surface area contributed by atoms with E-state index in [-0.39, 0.29) is 10.8 Å². The molecule has 142 valence electrons. The summed E-state index contributed by atoms with van der Waals surface area (Å²) < 4.78 is 45.7. The average molecular weight is 388 g/mol. The molecule has 1 fully saturated rings. The molecule has 0 saturated carbocycles. The van der Waals surface area contributed by atoms with Crippen LogP contribution in [0.3, 0.4) is 0 Å². The minimum Gasteiger partial charge on any atom is -0.497 e. The van der Waals surface area contributed by atoms with Crippen LogP contribution < -0.4 is 4.74 Å². The van der Waals surface area contributed by atoms with E-state index in [4.69, 9.17) is 4.74 Å². The summed E-state index contributed by atoms with van der Waals surface area (Å²) in [4.78, 5) is 3.54. The largest absolute Gasteiger partial charge is 0.497 e. The zero-order valence-electron chi connectivity index (χ0n) is 15.0. The first-order chi connectivity index (χ1) is 13.0. The number of piperidine rings is 1. The number of hydrogen-bond acceptors (Lipinski definition) is 3. The van der Waals surface area contributed by atoms with Crippen molar-refractivity contribution in [1.82, 2.24) is 9.29 Å². The summed E-state index contributed by atoms with van der Waals surface area (Å²) in [6, 6.07) is 12.9. The summed E-state index contributed by atoms with van der Waals surface area (Å²) in [6.07, 6.45) is 1.70. The van der Waals surface area contributed by atoms with Crippen molar-refractivity contribution in [3.05, 3.63) is 60.0 Å². The highest BCUT2D eigenvalue weighted by Gasteiger charge is 2.31. The fourth-order valence-electron chi connectivity index (χ4n) is 3.65. The van der Waals surface area contributed by atoms with Crippen LogP contribution in [-0.4, -0.2) is 37.9 Å². The first kappa shape index (κ1) is 18.0. The zero-order valence-corrected chi connectivity index (χ0v) is 15.8. The molecule has 2 heterocycles. The summed E-state index contributed by atoms with van der Waals surface area (Å²) in [5, 5.41) is 1.04. The molecule has 0 bridgehead atoms. The maximum Gasteiger partial charge on any atom is 0.243 e. The average Bonchev–Trinajstić information content (AvgIpc) is 3.11. The maximum atomic E-state index is 13.1. The molecule has 1 unspecified atom stereocenters. The quantitative estimate of drug-likeness (QED) is 0.738. The number of nitrogens with one attached hydrogen (secondary N) is 1.